The molecule has 2 aliphatic rings. The summed E-state index contributed by atoms with van der Waals surface area (Å²) < 4.78 is 18.5. The van der Waals surface area contributed by atoms with Crippen molar-refractivity contribution in [3.05, 3.63) is 8.95 Å². The number of fused-ring (bicyclic) bond motifs is 2. The third kappa shape index (κ3) is 1.08. The zero-order valence-corrected chi connectivity index (χ0v) is 11.2. The van der Waals surface area contributed by atoms with Gasteiger partial charge in [0.15, 0.2) is 0 Å². The highest BCUT2D eigenvalue weighted by Gasteiger charge is 2.24. The minimum atomic E-state index is 0.835. The number of benzene rings is 1. The van der Waals surface area contributed by atoms with Crippen molar-refractivity contribution < 1.29 is 0 Å². The number of nitrogens with zero attached hydrogens (tertiary/aromatic N) is 4. The molecule has 0 aliphatic carbocycles. The first-order valence-electron chi connectivity index (χ1n) is 3.50. The fraction of sp³-hybridized carbons (Fsp3) is 0. The smallest absolute Gasteiger partial charge is 0.122 e. The molecule has 0 saturated carbocycles. The lowest BCUT2D eigenvalue weighted by Crippen LogP contribution is -1.74. The predicted octanol–water partition coefficient (Wildman–Crippen LogP) is 4.66. The Hall–Kier alpha value is -0.180. The minimum absolute atomic E-state index is 0.835. The van der Waals surface area contributed by atoms with Crippen molar-refractivity contribution in [2.75, 3.05) is 0 Å². The van der Waals surface area contributed by atoms with Gasteiger partial charge in [0.25, 0.3) is 0 Å². The van der Waals surface area contributed by atoms with Gasteiger partial charge in [0.05, 0.1) is 31.7 Å². The van der Waals surface area contributed by atoms with E-state index >= 15 is 0 Å². The monoisotopic (exact) mass is 350 g/mol. The summed E-state index contributed by atoms with van der Waals surface area (Å²) in [4.78, 5) is 0. The van der Waals surface area contributed by atoms with Gasteiger partial charge in [-0.25, -0.2) is 0 Å². The molecule has 0 unspecified atom stereocenters. The molecule has 0 amide bonds. The van der Waals surface area contributed by atoms with Crippen molar-refractivity contribution >= 4 is 77.3 Å². The van der Waals surface area contributed by atoms with Crippen LogP contribution in [-0.4, -0.2) is 0 Å². The van der Waals surface area contributed by atoms with E-state index in [1.807, 2.05) is 0 Å². The normalized spacial score (nSPS) is 15.0. The van der Waals surface area contributed by atoms with Crippen LogP contribution in [0.15, 0.2) is 26.4 Å². The molecule has 4 nitrogen and oxygen atoms in total. The van der Waals surface area contributed by atoms with Crippen molar-refractivity contribution in [1.82, 2.24) is 0 Å². The lowest BCUT2D eigenvalue weighted by molar-refractivity contribution is 1.43. The van der Waals surface area contributed by atoms with E-state index in [9.17, 15) is 0 Å². The number of hydrogen-bond acceptors (Lipinski definition) is 4. The maximum Gasteiger partial charge on any atom is 0.122 e. The minimum Gasteiger partial charge on any atom is -0.172 e. The van der Waals surface area contributed by atoms with Crippen LogP contribution in [0.4, 0.5) is 22.7 Å². The molecule has 14 heavy (non-hydrogen) atoms. The van der Waals surface area contributed by atoms with Gasteiger partial charge in [-0.2, -0.15) is 17.5 Å². The molecule has 0 radical (unpaired) electrons. The number of rotatable bonds is 0. The Balaban J connectivity index is 2.48. The van der Waals surface area contributed by atoms with E-state index < -0.39 is 0 Å². The van der Waals surface area contributed by atoms with E-state index in [4.69, 9.17) is 0 Å². The van der Waals surface area contributed by atoms with Crippen molar-refractivity contribution in [2.45, 2.75) is 0 Å². The molecule has 0 spiro atoms. The fourth-order valence-corrected chi connectivity index (χ4v) is 3.87. The highest BCUT2D eigenvalue weighted by Crippen LogP contribution is 2.55. The van der Waals surface area contributed by atoms with Gasteiger partial charge in [-0.3, -0.25) is 0 Å². The molecular formula is C6Br2N4S2. The standard InChI is InChI=1S/C6Br2N4S2/c7-1-3-5(11-13-9-3)2(8)6-4(1)10-14-12-6. The van der Waals surface area contributed by atoms with E-state index in [0.29, 0.717) is 0 Å². The Labute approximate surface area is 103 Å². The molecule has 1 aromatic rings. The van der Waals surface area contributed by atoms with Crippen LogP contribution in [0.25, 0.3) is 0 Å². The van der Waals surface area contributed by atoms with Crippen molar-refractivity contribution in [3.8, 4) is 0 Å². The molecule has 70 valence electrons. The summed E-state index contributed by atoms with van der Waals surface area (Å²) in [6.07, 6.45) is 0. The number of hydrogen-bond donors (Lipinski definition) is 0. The Morgan fingerprint density at radius 1 is 0.643 bits per heavy atom. The molecule has 0 N–H and O–H groups in total. The van der Waals surface area contributed by atoms with Crippen LogP contribution in [0.2, 0.25) is 0 Å². The quantitative estimate of drug-likeness (QED) is 0.565. The van der Waals surface area contributed by atoms with Crippen LogP contribution in [-0.2, 0) is 22.7 Å². The molecule has 1 aromatic carbocycles. The topological polar surface area (TPSA) is 49.4 Å². The van der Waals surface area contributed by atoms with Gasteiger partial charge in [-0.05, 0) is 31.9 Å². The van der Waals surface area contributed by atoms with E-state index in [0.717, 1.165) is 31.7 Å². The van der Waals surface area contributed by atoms with Crippen LogP contribution in [0.5, 0.6) is 0 Å². The lowest BCUT2D eigenvalue weighted by Gasteiger charge is -2.05. The summed E-state index contributed by atoms with van der Waals surface area (Å²) in [5.74, 6) is 0. The van der Waals surface area contributed by atoms with E-state index in [2.05, 4.69) is 49.3 Å². The third-order valence-corrected chi connectivity index (χ3v) is 4.37. The van der Waals surface area contributed by atoms with Gasteiger partial charge in [-0.1, -0.05) is 0 Å². The second-order valence-electron chi connectivity index (χ2n) is 2.55. The van der Waals surface area contributed by atoms with Gasteiger partial charge in [0, 0.05) is 0 Å². The van der Waals surface area contributed by atoms with Crippen LogP contribution in [0.1, 0.15) is 0 Å². The molecule has 0 bridgehead atoms. The highest BCUT2D eigenvalue weighted by atomic mass is 79.9. The predicted molar refractivity (Wildman–Crippen MR) is 64.9 cm³/mol. The summed E-state index contributed by atoms with van der Waals surface area (Å²) in [5.41, 5.74) is 3.34. The average molecular weight is 352 g/mol. The summed E-state index contributed by atoms with van der Waals surface area (Å²) in [5, 5.41) is 0. The second-order valence-corrected chi connectivity index (χ2v) is 5.19. The van der Waals surface area contributed by atoms with E-state index in [1.165, 1.54) is 22.7 Å². The Bertz CT molecular complexity index is 502. The maximum atomic E-state index is 4.20. The first-order chi connectivity index (χ1) is 6.79. The second kappa shape index (κ2) is 3.16. The molecule has 2 heterocycles. The van der Waals surface area contributed by atoms with Crippen LogP contribution < -0.4 is 0 Å². The first kappa shape index (κ1) is 9.08. The van der Waals surface area contributed by atoms with Crippen molar-refractivity contribution in [2.24, 2.45) is 17.5 Å². The third-order valence-electron chi connectivity index (χ3n) is 1.81. The van der Waals surface area contributed by atoms with Gasteiger partial charge in [-0.15, -0.1) is 0 Å². The SMILES string of the molecule is Brc1c2c(c(Br)c3c1N=S=N3)N=S=N2. The molecule has 0 fully saturated rings. The molecule has 0 aromatic heterocycles. The van der Waals surface area contributed by atoms with Gasteiger partial charge in [0.2, 0.25) is 0 Å². The molecule has 8 heteroatoms. The van der Waals surface area contributed by atoms with Crippen LogP contribution in [0, 0.1) is 0 Å². The van der Waals surface area contributed by atoms with E-state index in [-0.39, 0.29) is 0 Å². The molecule has 3 rings (SSSR count). The fourth-order valence-electron chi connectivity index (χ4n) is 1.18. The zero-order chi connectivity index (χ0) is 9.71. The van der Waals surface area contributed by atoms with Crippen molar-refractivity contribution in [1.29, 1.82) is 0 Å². The summed E-state index contributed by atoms with van der Waals surface area (Å²) >= 11 is 9.29. The Kier molecular flexibility index (Phi) is 2.05. The van der Waals surface area contributed by atoms with Gasteiger partial charge < -0.3 is 0 Å². The Morgan fingerprint density at radius 2 is 0.929 bits per heavy atom. The average Bonchev–Trinajstić information content (AvgIpc) is 2.82. The maximum absolute atomic E-state index is 4.20. The molecular weight excluding hydrogens is 352 g/mol. The number of halogens is 2. The molecule has 0 atom stereocenters. The summed E-state index contributed by atoms with van der Waals surface area (Å²) in [7, 11) is 0. The Morgan fingerprint density at radius 3 is 1.21 bits per heavy atom. The lowest BCUT2D eigenvalue weighted by atomic mass is 10.2. The summed E-state index contributed by atoms with van der Waals surface area (Å²) in [6, 6.07) is 0. The van der Waals surface area contributed by atoms with Crippen LogP contribution in [0.3, 0.4) is 0 Å². The van der Waals surface area contributed by atoms with Crippen LogP contribution >= 0.6 is 31.9 Å². The first-order valence-corrected chi connectivity index (χ1v) is 6.55. The summed E-state index contributed by atoms with van der Waals surface area (Å²) in [6.45, 7) is 0. The van der Waals surface area contributed by atoms with Gasteiger partial charge in [0.1, 0.15) is 22.7 Å². The molecule has 0 saturated heterocycles. The van der Waals surface area contributed by atoms with Gasteiger partial charge >= 0.3 is 0 Å². The largest absolute Gasteiger partial charge is 0.172 e. The van der Waals surface area contributed by atoms with E-state index in [1.54, 1.807) is 0 Å². The zero-order valence-electron chi connectivity index (χ0n) is 6.36. The van der Waals surface area contributed by atoms with Crippen molar-refractivity contribution in [3.63, 3.8) is 0 Å². The molecule has 2 aliphatic heterocycles. The highest BCUT2D eigenvalue weighted by molar-refractivity contribution is 9.11.